The first-order valence-electron chi connectivity index (χ1n) is 27.0. The minimum absolute atomic E-state index is 0.117. The molecule has 0 aliphatic carbocycles. The van der Waals surface area contributed by atoms with Gasteiger partial charge in [-0.25, -0.2) is 0 Å². The van der Waals surface area contributed by atoms with Crippen LogP contribution in [0.1, 0.15) is 226 Å². The fraction of sp³-hybridized carbons (Fsp3) is 0.623. The molecule has 0 saturated heterocycles. The van der Waals surface area contributed by atoms with Crippen molar-refractivity contribution in [2.45, 2.75) is 232 Å². The summed E-state index contributed by atoms with van der Waals surface area (Å²) in [7, 11) is 0. The Morgan fingerprint density at radius 1 is 0.313 bits per heavy atom. The Morgan fingerprint density at radius 3 is 0.970 bits per heavy atom. The first-order chi connectivity index (χ1) is 33.0. The molecule has 0 radical (unpaired) electrons. The fourth-order valence-electron chi connectivity index (χ4n) is 6.87. The normalized spacial score (nSPS) is 13.1. The SMILES string of the molecule is CC/C=C\C/C=C\C/C=C\C/C=C\CCCCCCC(=O)OC[C@H](COC(=O)CCC/C=C\C/C=C\C/C=C\C/C=C\CCCCC)OC(=O)CCCCCCC/C=C\C/C=C\CCCCC. The van der Waals surface area contributed by atoms with Crippen LogP contribution in [-0.2, 0) is 28.6 Å². The molecule has 0 amide bonds. The number of esters is 3. The predicted molar refractivity (Wildman–Crippen MR) is 288 cm³/mol. The van der Waals surface area contributed by atoms with E-state index < -0.39 is 6.10 Å². The Kier molecular flexibility index (Phi) is 51.0. The van der Waals surface area contributed by atoms with Crippen molar-refractivity contribution in [3.63, 3.8) is 0 Å². The molecule has 0 bridgehead atoms. The number of ether oxygens (including phenoxy) is 3. The molecule has 0 fully saturated rings. The molecular weight excluding hydrogens is 829 g/mol. The van der Waals surface area contributed by atoms with Crippen LogP contribution in [0.3, 0.4) is 0 Å². The van der Waals surface area contributed by atoms with Crippen LogP contribution in [-0.4, -0.2) is 37.2 Å². The van der Waals surface area contributed by atoms with Crippen molar-refractivity contribution in [3.05, 3.63) is 122 Å². The van der Waals surface area contributed by atoms with Crippen molar-refractivity contribution in [1.29, 1.82) is 0 Å². The average molecular weight is 927 g/mol. The van der Waals surface area contributed by atoms with Crippen LogP contribution >= 0.6 is 0 Å². The second-order valence-electron chi connectivity index (χ2n) is 17.4. The van der Waals surface area contributed by atoms with Gasteiger partial charge >= 0.3 is 17.9 Å². The minimum atomic E-state index is -0.821. The lowest BCUT2D eigenvalue weighted by Crippen LogP contribution is -2.30. The fourth-order valence-corrected chi connectivity index (χ4v) is 6.87. The van der Waals surface area contributed by atoms with E-state index in [0.717, 1.165) is 128 Å². The maximum atomic E-state index is 12.8. The second-order valence-corrected chi connectivity index (χ2v) is 17.4. The molecule has 0 aliphatic heterocycles. The maximum absolute atomic E-state index is 12.8. The monoisotopic (exact) mass is 927 g/mol. The number of unbranched alkanes of at least 4 members (excludes halogenated alkanes) is 16. The van der Waals surface area contributed by atoms with Crippen LogP contribution in [0, 0.1) is 0 Å². The van der Waals surface area contributed by atoms with Crippen molar-refractivity contribution >= 4 is 17.9 Å². The predicted octanol–water partition coefficient (Wildman–Crippen LogP) is 18.1. The molecule has 0 aliphatic rings. The van der Waals surface area contributed by atoms with Gasteiger partial charge in [0.15, 0.2) is 6.10 Å². The molecule has 0 unspecified atom stereocenters. The van der Waals surface area contributed by atoms with Gasteiger partial charge in [0.05, 0.1) is 0 Å². The van der Waals surface area contributed by atoms with Gasteiger partial charge in [0.25, 0.3) is 0 Å². The van der Waals surface area contributed by atoms with E-state index in [9.17, 15) is 14.4 Å². The van der Waals surface area contributed by atoms with Gasteiger partial charge < -0.3 is 14.2 Å². The molecule has 0 spiro atoms. The molecule has 1 atom stereocenters. The van der Waals surface area contributed by atoms with Crippen LogP contribution in [0.4, 0.5) is 0 Å². The molecule has 0 saturated carbocycles. The van der Waals surface area contributed by atoms with Crippen molar-refractivity contribution in [3.8, 4) is 0 Å². The van der Waals surface area contributed by atoms with Crippen LogP contribution < -0.4 is 0 Å². The van der Waals surface area contributed by atoms with Crippen LogP contribution in [0.2, 0.25) is 0 Å². The van der Waals surface area contributed by atoms with E-state index in [1.807, 2.05) is 0 Å². The second kappa shape index (κ2) is 54.4. The summed E-state index contributed by atoms with van der Waals surface area (Å²) in [5, 5.41) is 0. The highest BCUT2D eigenvalue weighted by atomic mass is 16.6. The summed E-state index contributed by atoms with van der Waals surface area (Å²) in [5.41, 5.74) is 0. The Morgan fingerprint density at radius 2 is 0.597 bits per heavy atom. The molecule has 0 rings (SSSR count). The molecule has 67 heavy (non-hydrogen) atoms. The lowest BCUT2D eigenvalue weighted by Gasteiger charge is -2.18. The summed E-state index contributed by atoms with van der Waals surface area (Å²) < 4.78 is 16.7. The molecule has 0 N–H and O–H groups in total. The molecule has 6 heteroatoms. The van der Waals surface area contributed by atoms with Crippen LogP contribution in [0.5, 0.6) is 0 Å². The molecular formula is C61H98O6. The Labute approximate surface area is 412 Å². The van der Waals surface area contributed by atoms with Crippen LogP contribution in [0.15, 0.2) is 122 Å². The maximum Gasteiger partial charge on any atom is 0.306 e. The van der Waals surface area contributed by atoms with Crippen molar-refractivity contribution < 1.29 is 28.6 Å². The Bertz CT molecular complexity index is 1440. The third kappa shape index (κ3) is 52.6. The minimum Gasteiger partial charge on any atom is -0.462 e. The largest absolute Gasteiger partial charge is 0.462 e. The lowest BCUT2D eigenvalue weighted by atomic mass is 10.1. The van der Waals surface area contributed by atoms with Crippen molar-refractivity contribution in [2.75, 3.05) is 13.2 Å². The number of carbonyl (C=O) groups excluding carboxylic acids is 3. The molecule has 6 nitrogen and oxygen atoms in total. The summed E-state index contributed by atoms with van der Waals surface area (Å²) in [5.74, 6) is -1.02. The van der Waals surface area contributed by atoms with E-state index in [-0.39, 0.29) is 37.5 Å². The highest BCUT2D eigenvalue weighted by molar-refractivity contribution is 5.71. The smallest absolute Gasteiger partial charge is 0.306 e. The zero-order valence-corrected chi connectivity index (χ0v) is 43.1. The van der Waals surface area contributed by atoms with Gasteiger partial charge in [0, 0.05) is 19.3 Å². The zero-order chi connectivity index (χ0) is 48.6. The molecule has 378 valence electrons. The van der Waals surface area contributed by atoms with Gasteiger partial charge in [0.2, 0.25) is 0 Å². The summed E-state index contributed by atoms with van der Waals surface area (Å²) in [6.45, 7) is 6.38. The van der Waals surface area contributed by atoms with Gasteiger partial charge in [0.1, 0.15) is 13.2 Å². The molecule has 0 heterocycles. The summed E-state index contributed by atoms with van der Waals surface area (Å²) in [6.07, 6.45) is 74.7. The third-order valence-corrected chi connectivity index (χ3v) is 10.9. The first-order valence-corrected chi connectivity index (χ1v) is 27.0. The van der Waals surface area contributed by atoms with E-state index in [0.29, 0.717) is 19.3 Å². The highest BCUT2D eigenvalue weighted by Gasteiger charge is 2.19. The number of rotatable bonds is 47. The average Bonchev–Trinajstić information content (AvgIpc) is 3.33. The van der Waals surface area contributed by atoms with Gasteiger partial charge in [-0.2, -0.15) is 0 Å². The van der Waals surface area contributed by atoms with E-state index >= 15 is 0 Å². The molecule has 0 aromatic heterocycles. The summed E-state index contributed by atoms with van der Waals surface area (Å²) in [6, 6.07) is 0. The summed E-state index contributed by atoms with van der Waals surface area (Å²) in [4.78, 5) is 38.1. The first kappa shape index (κ1) is 62.8. The van der Waals surface area contributed by atoms with Gasteiger partial charge in [-0.3, -0.25) is 14.4 Å². The van der Waals surface area contributed by atoms with Gasteiger partial charge in [-0.1, -0.05) is 200 Å². The topological polar surface area (TPSA) is 78.9 Å². The Hall–Kier alpha value is -4.19. The Balaban J connectivity index is 4.56. The third-order valence-electron chi connectivity index (χ3n) is 10.9. The highest BCUT2D eigenvalue weighted by Crippen LogP contribution is 2.12. The van der Waals surface area contributed by atoms with E-state index in [2.05, 4.69) is 142 Å². The number of carbonyl (C=O) groups is 3. The molecule has 0 aromatic rings. The summed E-state index contributed by atoms with van der Waals surface area (Å²) >= 11 is 0. The molecule has 0 aromatic carbocycles. The zero-order valence-electron chi connectivity index (χ0n) is 43.1. The number of allylic oxidation sites excluding steroid dienone is 20. The van der Waals surface area contributed by atoms with Crippen molar-refractivity contribution in [1.82, 2.24) is 0 Å². The quantitative estimate of drug-likeness (QED) is 0.0262. The van der Waals surface area contributed by atoms with Crippen LogP contribution in [0.25, 0.3) is 0 Å². The van der Waals surface area contributed by atoms with Gasteiger partial charge in [-0.05, 0) is 128 Å². The van der Waals surface area contributed by atoms with E-state index in [4.69, 9.17) is 14.2 Å². The lowest BCUT2D eigenvalue weighted by molar-refractivity contribution is -0.167. The van der Waals surface area contributed by atoms with E-state index in [1.165, 1.54) is 51.4 Å². The number of hydrogen-bond donors (Lipinski definition) is 0. The van der Waals surface area contributed by atoms with Crippen molar-refractivity contribution in [2.24, 2.45) is 0 Å². The number of hydrogen-bond acceptors (Lipinski definition) is 6. The van der Waals surface area contributed by atoms with E-state index in [1.54, 1.807) is 0 Å². The van der Waals surface area contributed by atoms with Gasteiger partial charge in [-0.15, -0.1) is 0 Å². The standard InChI is InChI=1S/C61H98O6/c1-4-7-10-13-16-19-22-25-28-30-33-35-38-41-44-47-50-53-59(62)65-56-58(67-61(64)55-52-49-46-43-40-37-32-27-24-21-18-15-12-9-6-3)57-66-60(63)54-51-48-45-42-39-36-34-31-29-26-23-20-17-14-11-8-5-2/h7,10,16-21,25-29,32-36,42,45,58H,4-6,8-9,11-15,22-24,30-31,37-41,43-44,46-57H2,1-3H3/b10-7-,19-16-,20-17-,21-18-,28-25-,29-26-,32-27-,35-33-,36-34-,45-42-/t58-/m1/s1.